The summed E-state index contributed by atoms with van der Waals surface area (Å²) in [4.78, 5) is 13.5. The van der Waals surface area contributed by atoms with Gasteiger partial charge in [0.25, 0.3) is 0 Å². The molecule has 0 saturated carbocycles. The van der Waals surface area contributed by atoms with Gasteiger partial charge in [-0.3, -0.25) is 4.79 Å². The van der Waals surface area contributed by atoms with Crippen LogP contribution in [0.15, 0.2) is 36.1 Å². The Morgan fingerprint density at radius 1 is 0.968 bits per heavy atom. The molecule has 2 heterocycles. The lowest BCUT2D eigenvalue weighted by Crippen LogP contribution is -2.39. The zero-order valence-electron chi connectivity index (χ0n) is 17.3. The maximum Gasteiger partial charge on any atom is 0.173 e. The van der Waals surface area contributed by atoms with Gasteiger partial charge in [-0.25, -0.2) is 8.78 Å². The predicted octanol–water partition coefficient (Wildman–Crippen LogP) is 4.68. The van der Waals surface area contributed by atoms with Crippen LogP contribution in [0.2, 0.25) is 0 Å². The molecule has 0 amide bonds. The number of hydrogen-bond donors (Lipinski definition) is 1. The van der Waals surface area contributed by atoms with Crippen LogP contribution in [0.4, 0.5) is 8.78 Å². The molecule has 158 valence electrons. The van der Waals surface area contributed by atoms with Gasteiger partial charge in [0.15, 0.2) is 17.4 Å². The van der Waals surface area contributed by atoms with Gasteiger partial charge < -0.3 is 9.84 Å². The lowest BCUT2D eigenvalue weighted by Gasteiger charge is -2.31. The minimum atomic E-state index is -0.998. The Labute approximate surface area is 178 Å². The van der Waals surface area contributed by atoms with Crippen molar-refractivity contribution < 1.29 is 23.4 Å². The van der Waals surface area contributed by atoms with Crippen molar-refractivity contribution in [2.75, 3.05) is 0 Å². The number of aliphatic hydroxyl groups excluding tert-OH is 1. The van der Waals surface area contributed by atoms with Crippen molar-refractivity contribution in [1.82, 2.24) is 0 Å². The Morgan fingerprint density at radius 3 is 2.26 bits per heavy atom. The first-order valence-electron chi connectivity index (χ1n) is 10.3. The van der Waals surface area contributed by atoms with Gasteiger partial charge in [-0.15, -0.1) is 0 Å². The molecule has 31 heavy (non-hydrogen) atoms. The van der Waals surface area contributed by atoms with Gasteiger partial charge in [-0.2, -0.15) is 5.26 Å². The van der Waals surface area contributed by atoms with Crippen molar-refractivity contribution in [3.05, 3.63) is 75.5 Å². The van der Waals surface area contributed by atoms with Crippen LogP contribution in [0.3, 0.4) is 0 Å². The van der Waals surface area contributed by atoms with E-state index in [1.165, 1.54) is 6.07 Å². The third-order valence-electron chi connectivity index (χ3n) is 7.03. The summed E-state index contributed by atoms with van der Waals surface area (Å²) in [6.07, 6.45) is -1.35. The Kier molecular flexibility index (Phi) is 4.32. The molecule has 2 saturated heterocycles. The number of ether oxygens (including phenoxy) is 1. The Balaban J connectivity index is 1.62. The predicted molar refractivity (Wildman–Crippen MR) is 109 cm³/mol. The standard InChI is InChI=1S/C25H21F2NO3/c1-10-6-11(2)17(12(3)7-10)19-22(29)20-21(23(19)30)25-18(14(9-28)24(20)31-25)13-4-5-15(26)16(27)8-13/h4-8,14,18,20-21,24-25,30H,1-3H3/t14-,18+,20-,21+,24-,25+/m0/s1. The van der Waals surface area contributed by atoms with Crippen molar-refractivity contribution in [3.8, 4) is 6.07 Å². The van der Waals surface area contributed by atoms with Crippen molar-refractivity contribution in [1.29, 1.82) is 5.26 Å². The fraction of sp³-hybridized carbons (Fsp3) is 0.360. The lowest BCUT2D eigenvalue weighted by atomic mass is 9.67. The molecule has 2 fully saturated rings. The van der Waals surface area contributed by atoms with E-state index in [0.29, 0.717) is 11.1 Å². The third kappa shape index (κ3) is 2.63. The van der Waals surface area contributed by atoms with E-state index in [4.69, 9.17) is 4.74 Å². The van der Waals surface area contributed by atoms with E-state index < -0.39 is 47.5 Å². The van der Waals surface area contributed by atoms with E-state index in [1.54, 1.807) is 0 Å². The molecule has 1 aliphatic carbocycles. The van der Waals surface area contributed by atoms with Gasteiger partial charge in [-0.1, -0.05) is 23.8 Å². The molecule has 6 atom stereocenters. The number of rotatable bonds is 2. The van der Waals surface area contributed by atoms with Crippen molar-refractivity contribution in [3.63, 3.8) is 0 Å². The first-order valence-corrected chi connectivity index (χ1v) is 10.3. The molecule has 5 rings (SSSR count). The molecule has 1 N–H and O–H groups in total. The van der Waals surface area contributed by atoms with Crippen molar-refractivity contribution >= 4 is 11.4 Å². The van der Waals surface area contributed by atoms with Crippen LogP contribution in [0, 0.1) is 61.5 Å². The molecule has 2 bridgehead atoms. The summed E-state index contributed by atoms with van der Waals surface area (Å²) in [5.41, 5.74) is 4.32. The third-order valence-corrected chi connectivity index (χ3v) is 7.03. The first kappa shape index (κ1) is 19.9. The number of nitriles is 1. The van der Waals surface area contributed by atoms with E-state index in [9.17, 15) is 23.9 Å². The number of hydrogen-bond acceptors (Lipinski definition) is 4. The average Bonchev–Trinajstić information content (AvgIpc) is 3.34. The molecular formula is C25H21F2NO3. The van der Waals surface area contributed by atoms with Crippen LogP contribution in [-0.4, -0.2) is 23.1 Å². The molecule has 3 aliphatic rings. The Hall–Kier alpha value is -3.04. The van der Waals surface area contributed by atoms with Crippen LogP contribution in [0.1, 0.15) is 33.7 Å². The minimum absolute atomic E-state index is 0.0264. The van der Waals surface area contributed by atoms with Crippen molar-refractivity contribution in [2.45, 2.75) is 38.9 Å². The number of Topliss-reactive ketones (excluding diaryl/α,β-unsaturated/α-hetero) is 1. The fourth-order valence-electron chi connectivity index (χ4n) is 5.98. The molecule has 0 unspecified atom stereocenters. The van der Waals surface area contributed by atoms with Gasteiger partial charge in [0.05, 0.1) is 41.6 Å². The smallest absolute Gasteiger partial charge is 0.173 e. The number of benzene rings is 2. The number of aryl methyl sites for hydroxylation is 3. The molecule has 2 aromatic rings. The summed E-state index contributed by atoms with van der Waals surface area (Å²) in [6, 6.07) is 9.71. The van der Waals surface area contributed by atoms with Crippen LogP contribution in [0.5, 0.6) is 0 Å². The quantitative estimate of drug-likeness (QED) is 0.765. The highest BCUT2D eigenvalue weighted by molar-refractivity contribution is 6.26. The number of halogens is 2. The summed E-state index contributed by atoms with van der Waals surface area (Å²) in [6.45, 7) is 5.79. The number of carbonyl (C=O) groups is 1. The van der Waals surface area contributed by atoms with E-state index in [1.807, 2.05) is 32.9 Å². The minimum Gasteiger partial charge on any atom is -0.511 e. The number of aliphatic hydroxyl groups is 1. The lowest BCUT2D eigenvalue weighted by molar-refractivity contribution is -0.119. The zero-order valence-corrected chi connectivity index (χ0v) is 17.3. The molecule has 2 aliphatic heterocycles. The topological polar surface area (TPSA) is 70.3 Å². The van der Waals surface area contributed by atoms with Gasteiger partial charge in [0.1, 0.15) is 5.76 Å². The zero-order chi connectivity index (χ0) is 22.2. The number of fused-ring (bicyclic) bond motifs is 5. The molecule has 6 heteroatoms. The maximum atomic E-state index is 13.9. The fourth-order valence-corrected chi connectivity index (χ4v) is 5.98. The Morgan fingerprint density at radius 2 is 1.65 bits per heavy atom. The van der Waals surface area contributed by atoms with Gasteiger partial charge >= 0.3 is 0 Å². The monoisotopic (exact) mass is 421 g/mol. The summed E-state index contributed by atoms with van der Waals surface area (Å²) in [5.74, 6) is -4.70. The van der Waals surface area contributed by atoms with E-state index in [2.05, 4.69) is 6.07 Å². The second-order valence-electron chi connectivity index (χ2n) is 8.87. The highest BCUT2D eigenvalue weighted by Gasteiger charge is 2.66. The van der Waals surface area contributed by atoms with Crippen LogP contribution >= 0.6 is 0 Å². The summed E-state index contributed by atoms with van der Waals surface area (Å²) in [7, 11) is 0. The second-order valence-corrected chi connectivity index (χ2v) is 8.87. The van der Waals surface area contributed by atoms with E-state index >= 15 is 0 Å². The molecule has 0 spiro atoms. The largest absolute Gasteiger partial charge is 0.511 e. The second kappa shape index (κ2) is 6.73. The number of allylic oxidation sites excluding steroid dienone is 1. The van der Waals surface area contributed by atoms with E-state index in [0.717, 1.165) is 34.4 Å². The van der Waals surface area contributed by atoms with Crippen molar-refractivity contribution in [2.24, 2.45) is 17.8 Å². The van der Waals surface area contributed by atoms with Gasteiger partial charge in [0.2, 0.25) is 0 Å². The molecule has 2 aromatic carbocycles. The summed E-state index contributed by atoms with van der Waals surface area (Å²) in [5, 5.41) is 21.0. The number of ketones is 1. The van der Waals surface area contributed by atoms with E-state index in [-0.39, 0.29) is 11.5 Å². The summed E-state index contributed by atoms with van der Waals surface area (Å²) >= 11 is 0. The Bertz CT molecular complexity index is 1190. The van der Waals surface area contributed by atoms with Gasteiger partial charge in [0, 0.05) is 5.92 Å². The van der Waals surface area contributed by atoms with Gasteiger partial charge in [-0.05, 0) is 55.2 Å². The van der Waals surface area contributed by atoms with Crippen LogP contribution in [0.25, 0.3) is 5.57 Å². The maximum absolute atomic E-state index is 13.9. The number of carbonyl (C=O) groups excluding carboxylic acids is 1. The highest BCUT2D eigenvalue weighted by Crippen LogP contribution is 2.60. The molecule has 4 nitrogen and oxygen atoms in total. The molecule has 0 aromatic heterocycles. The summed E-state index contributed by atoms with van der Waals surface area (Å²) < 4.78 is 33.4. The SMILES string of the molecule is Cc1cc(C)c(C2=C(O)[C@@H]3[C@@H]4O[C@@H]([C@@H](C#N)[C@H]4c4ccc(F)c(F)c4)[C@@H]3C2=O)c(C)c1. The first-order chi connectivity index (χ1) is 14.7. The number of nitrogens with zero attached hydrogens (tertiary/aromatic N) is 1. The molecule has 0 radical (unpaired) electrons. The average molecular weight is 421 g/mol. The van der Waals surface area contributed by atoms with Crippen LogP contribution < -0.4 is 0 Å². The van der Waals surface area contributed by atoms with Crippen LogP contribution in [-0.2, 0) is 9.53 Å². The highest BCUT2D eigenvalue weighted by atomic mass is 19.2. The normalized spacial score (nSPS) is 31.3. The molecular weight excluding hydrogens is 400 g/mol.